The molecule has 0 saturated carbocycles. The van der Waals surface area contributed by atoms with Crippen LogP contribution in [-0.2, 0) is 11.3 Å². The molecule has 0 atom stereocenters. The minimum atomic E-state index is 0.0125. The Balaban J connectivity index is 1.88. The molecule has 27 heavy (non-hydrogen) atoms. The van der Waals surface area contributed by atoms with Gasteiger partial charge < -0.3 is 15.5 Å². The van der Waals surface area contributed by atoms with Crippen LogP contribution in [0, 0.1) is 6.92 Å². The molecule has 1 amide bonds. The summed E-state index contributed by atoms with van der Waals surface area (Å²) in [7, 11) is 3.49. The van der Waals surface area contributed by atoms with Gasteiger partial charge in [0.15, 0.2) is 5.96 Å². The maximum Gasteiger partial charge on any atom is 0.241 e. The predicted molar refractivity (Wildman–Crippen MR) is 114 cm³/mol. The second kappa shape index (κ2) is 11.3. The van der Waals surface area contributed by atoms with Crippen LogP contribution >= 0.6 is 11.8 Å². The summed E-state index contributed by atoms with van der Waals surface area (Å²) in [4.78, 5) is 19.3. The molecule has 5 nitrogen and oxygen atoms in total. The molecule has 6 heteroatoms. The molecular weight excluding hydrogens is 356 g/mol. The van der Waals surface area contributed by atoms with Crippen LogP contribution in [-0.4, -0.2) is 49.7 Å². The average molecular weight is 385 g/mol. The van der Waals surface area contributed by atoms with Crippen molar-refractivity contribution in [1.29, 1.82) is 0 Å². The predicted octanol–water partition coefficient (Wildman–Crippen LogP) is 2.91. The highest BCUT2D eigenvalue weighted by Gasteiger charge is 2.06. The van der Waals surface area contributed by atoms with Gasteiger partial charge in [-0.3, -0.25) is 4.79 Å². The van der Waals surface area contributed by atoms with Crippen molar-refractivity contribution in [3.8, 4) is 0 Å². The van der Waals surface area contributed by atoms with E-state index in [1.807, 2.05) is 18.2 Å². The monoisotopic (exact) mass is 384 g/mol. The molecule has 0 aliphatic heterocycles. The molecule has 2 aromatic rings. The van der Waals surface area contributed by atoms with Gasteiger partial charge in [-0.25, -0.2) is 4.99 Å². The molecule has 2 aromatic carbocycles. The molecule has 0 spiro atoms. The molecule has 0 bridgehead atoms. The average Bonchev–Trinajstić information content (AvgIpc) is 2.68. The van der Waals surface area contributed by atoms with Crippen molar-refractivity contribution in [3.05, 3.63) is 65.7 Å². The van der Waals surface area contributed by atoms with E-state index in [4.69, 9.17) is 0 Å². The quantitative estimate of drug-likeness (QED) is 0.318. The van der Waals surface area contributed by atoms with Crippen molar-refractivity contribution in [2.45, 2.75) is 18.4 Å². The fourth-order valence-corrected chi connectivity index (χ4v) is 3.00. The Bertz CT molecular complexity index is 730. The van der Waals surface area contributed by atoms with Gasteiger partial charge in [0.1, 0.15) is 0 Å². The van der Waals surface area contributed by atoms with Crippen molar-refractivity contribution in [1.82, 2.24) is 15.5 Å². The molecule has 0 radical (unpaired) electrons. The number of carbonyl (C=O) groups excluding carboxylic acids is 1. The van der Waals surface area contributed by atoms with Crippen molar-refractivity contribution in [3.63, 3.8) is 0 Å². The summed E-state index contributed by atoms with van der Waals surface area (Å²) in [6, 6.07) is 18.6. The number of benzene rings is 2. The number of likely N-dealkylation sites (N-methyl/N-ethyl adjacent to an activating group) is 1. The number of aryl methyl sites for hydroxylation is 1. The van der Waals surface area contributed by atoms with E-state index < -0.39 is 0 Å². The van der Waals surface area contributed by atoms with E-state index in [2.05, 4.69) is 58.9 Å². The molecule has 0 aromatic heterocycles. The summed E-state index contributed by atoms with van der Waals surface area (Å²) in [5, 5.41) is 6.43. The van der Waals surface area contributed by atoms with Crippen LogP contribution in [0.5, 0.6) is 0 Å². The van der Waals surface area contributed by atoms with Crippen LogP contribution in [0.15, 0.2) is 64.5 Å². The summed E-state index contributed by atoms with van der Waals surface area (Å²) in [5.74, 6) is 1.58. The van der Waals surface area contributed by atoms with E-state index in [1.165, 1.54) is 10.5 Å². The fraction of sp³-hybridized carbons (Fsp3) is 0.333. The van der Waals surface area contributed by atoms with Crippen LogP contribution in [0.3, 0.4) is 0 Å². The maximum absolute atomic E-state index is 11.9. The van der Waals surface area contributed by atoms with Crippen LogP contribution in [0.25, 0.3) is 0 Å². The lowest BCUT2D eigenvalue weighted by Crippen LogP contribution is -2.43. The highest BCUT2D eigenvalue weighted by Crippen LogP contribution is 2.15. The van der Waals surface area contributed by atoms with Crippen LogP contribution < -0.4 is 10.6 Å². The zero-order chi connectivity index (χ0) is 19.5. The third kappa shape index (κ3) is 8.17. The van der Waals surface area contributed by atoms with Gasteiger partial charge in [0, 0.05) is 31.3 Å². The highest BCUT2D eigenvalue weighted by molar-refractivity contribution is 7.99. The van der Waals surface area contributed by atoms with Crippen molar-refractivity contribution in [2.24, 2.45) is 4.99 Å². The molecule has 0 unspecified atom stereocenters. The summed E-state index contributed by atoms with van der Waals surface area (Å²) in [5.41, 5.74) is 2.37. The number of hydrogen-bond donors (Lipinski definition) is 2. The first-order valence-electron chi connectivity index (χ1n) is 9.00. The molecule has 0 aliphatic carbocycles. The first-order chi connectivity index (χ1) is 13.0. The van der Waals surface area contributed by atoms with Crippen LogP contribution in [0.1, 0.15) is 11.1 Å². The number of carbonyl (C=O) groups is 1. The van der Waals surface area contributed by atoms with Crippen molar-refractivity contribution in [2.75, 3.05) is 32.9 Å². The SMILES string of the molecule is Cc1ccc(CN=C(NCCSc2ccccc2)NCC(=O)N(C)C)cc1. The second-order valence-corrected chi connectivity index (χ2v) is 7.55. The lowest BCUT2D eigenvalue weighted by Gasteiger charge is -2.15. The molecule has 0 fully saturated rings. The van der Waals surface area contributed by atoms with E-state index in [0.29, 0.717) is 12.5 Å². The van der Waals surface area contributed by atoms with E-state index in [0.717, 1.165) is 17.9 Å². The first kappa shape index (κ1) is 20.8. The zero-order valence-corrected chi connectivity index (χ0v) is 17.1. The first-order valence-corrected chi connectivity index (χ1v) is 9.99. The van der Waals surface area contributed by atoms with E-state index in [9.17, 15) is 4.79 Å². The Labute approximate surface area is 166 Å². The number of guanidine groups is 1. The summed E-state index contributed by atoms with van der Waals surface area (Å²) in [6.07, 6.45) is 0. The molecule has 0 heterocycles. The zero-order valence-electron chi connectivity index (χ0n) is 16.2. The van der Waals surface area contributed by atoms with Crippen molar-refractivity contribution < 1.29 is 4.79 Å². The van der Waals surface area contributed by atoms with E-state index in [-0.39, 0.29) is 12.5 Å². The molecule has 2 N–H and O–H groups in total. The van der Waals surface area contributed by atoms with Gasteiger partial charge in [0.25, 0.3) is 0 Å². The van der Waals surface area contributed by atoms with Gasteiger partial charge in [-0.2, -0.15) is 0 Å². The normalized spacial score (nSPS) is 11.1. The van der Waals surface area contributed by atoms with Gasteiger partial charge in [-0.1, -0.05) is 48.0 Å². The summed E-state index contributed by atoms with van der Waals surface area (Å²) >= 11 is 1.79. The minimum Gasteiger partial charge on any atom is -0.356 e. The van der Waals surface area contributed by atoms with Gasteiger partial charge in [-0.05, 0) is 24.6 Å². The summed E-state index contributed by atoms with van der Waals surface area (Å²) < 4.78 is 0. The number of rotatable bonds is 8. The van der Waals surface area contributed by atoms with Crippen LogP contribution in [0.4, 0.5) is 0 Å². The Kier molecular flexibility index (Phi) is 8.71. The molecular formula is C21H28N4OS. The molecule has 2 rings (SSSR count). The number of nitrogens with zero attached hydrogens (tertiary/aromatic N) is 2. The minimum absolute atomic E-state index is 0.0125. The largest absolute Gasteiger partial charge is 0.356 e. The Morgan fingerprint density at radius 2 is 1.74 bits per heavy atom. The smallest absolute Gasteiger partial charge is 0.241 e. The Hall–Kier alpha value is -2.47. The summed E-state index contributed by atoms with van der Waals surface area (Å²) in [6.45, 7) is 3.62. The maximum atomic E-state index is 11.9. The van der Waals surface area contributed by atoms with Gasteiger partial charge in [-0.15, -0.1) is 11.8 Å². The van der Waals surface area contributed by atoms with Gasteiger partial charge in [0.2, 0.25) is 5.91 Å². The standard InChI is InChI=1S/C21H28N4OS/c1-17-9-11-18(12-10-17)15-23-21(24-16-20(26)25(2)3)22-13-14-27-19-7-5-4-6-8-19/h4-12H,13-16H2,1-3H3,(H2,22,23,24). The molecule has 0 saturated heterocycles. The van der Waals surface area contributed by atoms with E-state index in [1.54, 1.807) is 30.8 Å². The number of aliphatic imine (C=N–C) groups is 1. The third-order valence-electron chi connectivity index (χ3n) is 3.85. The highest BCUT2D eigenvalue weighted by atomic mass is 32.2. The lowest BCUT2D eigenvalue weighted by atomic mass is 10.1. The lowest BCUT2D eigenvalue weighted by molar-refractivity contribution is -0.127. The fourth-order valence-electron chi connectivity index (χ4n) is 2.21. The number of amides is 1. The van der Waals surface area contributed by atoms with Gasteiger partial charge >= 0.3 is 0 Å². The van der Waals surface area contributed by atoms with Crippen LogP contribution in [0.2, 0.25) is 0 Å². The molecule has 0 aliphatic rings. The van der Waals surface area contributed by atoms with Crippen molar-refractivity contribution >= 4 is 23.6 Å². The Morgan fingerprint density at radius 1 is 1.04 bits per heavy atom. The second-order valence-electron chi connectivity index (χ2n) is 6.38. The molecule has 144 valence electrons. The Morgan fingerprint density at radius 3 is 2.41 bits per heavy atom. The van der Waals surface area contributed by atoms with E-state index >= 15 is 0 Å². The number of hydrogen-bond acceptors (Lipinski definition) is 3. The number of thioether (sulfide) groups is 1. The number of nitrogens with one attached hydrogen (secondary N) is 2. The third-order valence-corrected chi connectivity index (χ3v) is 4.87. The van der Waals surface area contributed by atoms with Gasteiger partial charge in [0.05, 0.1) is 13.1 Å². The topological polar surface area (TPSA) is 56.7 Å².